The lowest BCUT2D eigenvalue weighted by atomic mass is 10.0. The highest BCUT2D eigenvalue weighted by atomic mass is 16.1. The minimum atomic E-state index is 0.0236. The first-order chi connectivity index (χ1) is 12.4. The van der Waals surface area contributed by atoms with Crippen LogP contribution in [0, 0.1) is 5.92 Å². The van der Waals surface area contributed by atoms with Crippen molar-refractivity contribution in [2.45, 2.75) is 39.2 Å². The number of benzene rings is 2. The van der Waals surface area contributed by atoms with Crippen LogP contribution >= 0.6 is 0 Å². The molecule has 0 aliphatic heterocycles. The first kappa shape index (κ1) is 20.2. The maximum Gasteiger partial charge on any atom is 0.251 e. The molecule has 2 aromatic rings. The van der Waals surface area contributed by atoms with Crippen molar-refractivity contribution < 1.29 is 4.79 Å². The number of carbonyl (C=O) groups excluding carboxylic acids is 1. The lowest BCUT2D eigenvalue weighted by Crippen LogP contribution is -2.42. The lowest BCUT2D eigenvalue weighted by molar-refractivity contribution is 0.0928. The van der Waals surface area contributed by atoms with Gasteiger partial charge in [-0.25, -0.2) is 0 Å². The molecule has 0 saturated heterocycles. The van der Waals surface area contributed by atoms with E-state index in [2.05, 4.69) is 54.4 Å². The third-order valence-corrected chi connectivity index (χ3v) is 4.38. The normalized spacial score (nSPS) is 12.4. The van der Waals surface area contributed by atoms with Crippen LogP contribution in [0.1, 0.15) is 41.8 Å². The van der Waals surface area contributed by atoms with Gasteiger partial charge in [-0.05, 0) is 62.5 Å². The fourth-order valence-corrected chi connectivity index (χ4v) is 3.22. The summed E-state index contributed by atoms with van der Waals surface area (Å²) in [4.78, 5) is 14.9. The number of amides is 1. The van der Waals surface area contributed by atoms with Gasteiger partial charge in [-0.1, -0.05) is 56.3 Å². The van der Waals surface area contributed by atoms with E-state index in [0.29, 0.717) is 5.92 Å². The Morgan fingerprint density at radius 2 is 1.69 bits per heavy atom. The van der Waals surface area contributed by atoms with E-state index in [1.54, 1.807) is 0 Å². The summed E-state index contributed by atoms with van der Waals surface area (Å²) in [5.74, 6) is 0.608. The first-order valence-corrected chi connectivity index (χ1v) is 9.52. The summed E-state index contributed by atoms with van der Waals surface area (Å²) in [6.45, 7) is 5.23. The van der Waals surface area contributed by atoms with Crippen LogP contribution in [0.15, 0.2) is 54.6 Å². The molecule has 0 aliphatic rings. The van der Waals surface area contributed by atoms with E-state index in [4.69, 9.17) is 0 Å². The van der Waals surface area contributed by atoms with Gasteiger partial charge in [0.1, 0.15) is 0 Å². The monoisotopic (exact) mass is 352 g/mol. The predicted molar refractivity (Wildman–Crippen MR) is 110 cm³/mol. The van der Waals surface area contributed by atoms with E-state index >= 15 is 0 Å². The molecule has 2 rings (SSSR count). The highest BCUT2D eigenvalue weighted by molar-refractivity contribution is 5.94. The van der Waals surface area contributed by atoms with Crippen molar-refractivity contribution in [1.82, 2.24) is 10.2 Å². The van der Waals surface area contributed by atoms with Crippen molar-refractivity contribution in [3.63, 3.8) is 0 Å². The fourth-order valence-electron chi connectivity index (χ4n) is 3.22. The van der Waals surface area contributed by atoms with Crippen molar-refractivity contribution in [3.8, 4) is 0 Å². The molecule has 0 bridgehead atoms. The van der Waals surface area contributed by atoms with Gasteiger partial charge in [0.05, 0.1) is 0 Å². The molecule has 0 aliphatic carbocycles. The quantitative estimate of drug-likeness (QED) is 0.734. The summed E-state index contributed by atoms with van der Waals surface area (Å²) >= 11 is 0. The Bertz CT molecular complexity index is 680. The van der Waals surface area contributed by atoms with Crippen molar-refractivity contribution in [3.05, 3.63) is 71.3 Å². The number of nitrogens with zero attached hydrogens (tertiary/aromatic N) is 1. The van der Waals surface area contributed by atoms with Crippen LogP contribution in [-0.4, -0.2) is 37.5 Å². The minimum Gasteiger partial charge on any atom is -0.348 e. The van der Waals surface area contributed by atoms with Gasteiger partial charge >= 0.3 is 0 Å². The molecular formula is C23H32N2O. The van der Waals surface area contributed by atoms with Gasteiger partial charge in [-0.15, -0.1) is 0 Å². The third-order valence-electron chi connectivity index (χ3n) is 4.38. The van der Waals surface area contributed by atoms with Gasteiger partial charge in [0.25, 0.3) is 5.91 Å². The summed E-state index contributed by atoms with van der Waals surface area (Å²) in [6, 6.07) is 18.6. The van der Waals surface area contributed by atoms with Crippen LogP contribution in [0.4, 0.5) is 0 Å². The molecule has 1 atom stereocenters. The van der Waals surface area contributed by atoms with Gasteiger partial charge in [-0.2, -0.15) is 0 Å². The van der Waals surface area contributed by atoms with Crippen LogP contribution < -0.4 is 5.32 Å². The molecule has 0 heterocycles. The zero-order chi connectivity index (χ0) is 18.9. The van der Waals surface area contributed by atoms with E-state index in [-0.39, 0.29) is 11.9 Å². The molecule has 0 unspecified atom stereocenters. The van der Waals surface area contributed by atoms with Crippen molar-refractivity contribution in [2.75, 3.05) is 20.6 Å². The second kappa shape index (κ2) is 10.1. The van der Waals surface area contributed by atoms with E-state index in [0.717, 1.165) is 31.4 Å². The van der Waals surface area contributed by atoms with Gasteiger partial charge in [0.15, 0.2) is 0 Å². The smallest absolute Gasteiger partial charge is 0.251 e. The van der Waals surface area contributed by atoms with Crippen LogP contribution in [0.5, 0.6) is 0 Å². The molecule has 0 aromatic heterocycles. The third kappa shape index (κ3) is 7.01. The number of carbonyl (C=O) groups is 1. The SMILES string of the molecule is CC(C)Cc1cccc(C(=O)N[C@H](CCc2ccccc2)CN(C)C)c1. The van der Waals surface area contributed by atoms with Crippen molar-refractivity contribution >= 4 is 5.91 Å². The Hall–Kier alpha value is -2.13. The molecule has 2 aromatic carbocycles. The zero-order valence-corrected chi connectivity index (χ0v) is 16.5. The molecule has 3 heteroatoms. The van der Waals surface area contributed by atoms with Gasteiger partial charge in [-0.3, -0.25) is 4.79 Å². The second-order valence-electron chi connectivity index (χ2n) is 7.76. The van der Waals surface area contributed by atoms with Gasteiger partial charge in [0, 0.05) is 18.2 Å². The Morgan fingerprint density at radius 3 is 2.35 bits per heavy atom. The highest BCUT2D eigenvalue weighted by Crippen LogP contribution is 2.12. The van der Waals surface area contributed by atoms with E-state index in [9.17, 15) is 4.79 Å². The first-order valence-electron chi connectivity index (χ1n) is 9.52. The Labute approximate surface area is 158 Å². The highest BCUT2D eigenvalue weighted by Gasteiger charge is 2.15. The molecule has 3 nitrogen and oxygen atoms in total. The summed E-state index contributed by atoms with van der Waals surface area (Å²) in [5, 5.41) is 3.23. The van der Waals surface area contributed by atoms with Crippen LogP contribution in [0.2, 0.25) is 0 Å². The molecule has 0 radical (unpaired) electrons. The maximum atomic E-state index is 12.8. The van der Waals surface area contributed by atoms with E-state index in [1.165, 1.54) is 11.1 Å². The molecule has 1 N–H and O–H groups in total. The topological polar surface area (TPSA) is 32.3 Å². The fraction of sp³-hybridized carbons (Fsp3) is 0.435. The Kier molecular flexibility index (Phi) is 7.86. The summed E-state index contributed by atoms with van der Waals surface area (Å²) in [5.41, 5.74) is 3.29. The molecule has 140 valence electrons. The van der Waals surface area contributed by atoms with Crippen LogP contribution in [0.3, 0.4) is 0 Å². The largest absolute Gasteiger partial charge is 0.348 e. The van der Waals surface area contributed by atoms with Crippen molar-refractivity contribution in [1.29, 1.82) is 0 Å². The number of hydrogen-bond donors (Lipinski definition) is 1. The van der Waals surface area contributed by atoms with Crippen LogP contribution in [-0.2, 0) is 12.8 Å². The zero-order valence-electron chi connectivity index (χ0n) is 16.5. The molecule has 0 spiro atoms. The number of hydrogen-bond acceptors (Lipinski definition) is 2. The standard InChI is InChI=1S/C23H32N2O/c1-18(2)15-20-11-8-12-21(16-20)23(26)24-22(17-25(3)4)14-13-19-9-6-5-7-10-19/h5-12,16,18,22H,13-15,17H2,1-4H3,(H,24,26)/t22-/m1/s1. The summed E-state index contributed by atoms with van der Waals surface area (Å²) < 4.78 is 0. The Morgan fingerprint density at radius 1 is 1.00 bits per heavy atom. The summed E-state index contributed by atoms with van der Waals surface area (Å²) in [6.07, 6.45) is 2.89. The molecule has 1 amide bonds. The van der Waals surface area contributed by atoms with Crippen molar-refractivity contribution in [2.24, 2.45) is 5.92 Å². The van der Waals surface area contributed by atoms with Gasteiger partial charge < -0.3 is 10.2 Å². The second-order valence-corrected chi connectivity index (χ2v) is 7.76. The predicted octanol–water partition coefficient (Wildman–Crippen LogP) is 4.18. The average molecular weight is 353 g/mol. The molecule has 0 fully saturated rings. The number of rotatable bonds is 9. The van der Waals surface area contributed by atoms with Gasteiger partial charge in [0.2, 0.25) is 0 Å². The number of aryl methyl sites for hydroxylation is 1. The van der Waals surface area contributed by atoms with Crippen LogP contribution in [0.25, 0.3) is 0 Å². The van der Waals surface area contributed by atoms with E-state index in [1.807, 2.05) is 38.4 Å². The summed E-state index contributed by atoms with van der Waals surface area (Å²) in [7, 11) is 4.09. The molecular weight excluding hydrogens is 320 g/mol. The van der Waals surface area contributed by atoms with E-state index < -0.39 is 0 Å². The number of nitrogens with one attached hydrogen (secondary N) is 1. The number of likely N-dealkylation sites (N-methyl/N-ethyl adjacent to an activating group) is 1. The lowest BCUT2D eigenvalue weighted by Gasteiger charge is -2.22. The maximum absolute atomic E-state index is 12.8. The minimum absolute atomic E-state index is 0.0236. The average Bonchev–Trinajstić information content (AvgIpc) is 2.60. The Balaban J connectivity index is 2.01. The molecule has 26 heavy (non-hydrogen) atoms. The molecule has 0 saturated carbocycles.